The van der Waals surface area contributed by atoms with E-state index in [2.05, 4.69) is 16.0 Å². The zero-order valence-corrected chi connectivity index (χ0v) is 18.9. The van der Waals surface area contributed by atoms with Gasteiger partial charge in [0, 0.05) is 5.69 Å². The van der Waals surface area contributed by atoms with Crippen LogP contribution in [-0.2, 0) is 4.79 Å². The molecule has 0 aliphatic carbocycles. The maximum Gasteiger partial charge on any atom is 0.296 e. The molecule has 0 bridgehead atoms. The van der Waals surface area contributed by atoms with E-state index >= 15 is 0 Å². The number of aryl methyl sites for hydroxylation is 1. The van der Waals surface area contributed by atoms with Crippen molar-refractivity contribution in [2.24, 2.45) is 0 Å². The molecule has 3 aromatic rings. The summed E-state index contributed by atoms with van der Waals surface area (Å²) < 4.78 is 32.4. The number of halogens is 2. The molecule has 3 N–H and O–H groups in total. The number of rotatable bonds is 7. The van der Waals surface area contributed by atoms with Crippen molar-refractivity contribution in [3.05, 3.63) is 93.5 Å². The van der Waals surface area contributed by atoms with Crippen LogP contribution in [0.15, 0.2) is 60.7 Å². The number of nitrogens with one attached hydrogen (secondary N) is 3. The number of nitro benzene ring substituents is 1. The standard InChI is InChI=1S/C23H20F2N4O4S/c1-13-5-3-4-6-18(13)26-22(30)21(14-7-9-16(24)17(25)11-14)28-23(34)27-19-10-8-15(33-2)12-20(19)29(31)32/h3-12,21H,1-2H3,(H,26,30)(H2,27,28,34). The van der Waals surface area contributed by atoms with Crippen LogP contribution in [0.3, 0.4) is 0 Å². The van der Waals surface area contributed by atoms with Gasteiger partial charge in [-0.2, -0.15) is 0 Å². The van der Waals surface area contributed by atoms with Gasteiger partial charge in [-0.25, -0.2) is 8.78 Å². The van der Waals surface area contributed by atoms with Crippen LogP contribution in [0, 0.1) is 28.7 Å². The predicted molar refractivity (Wildman–Crippen MR) is 128 cm³/mol. The van der Waals surface area contributed by atoms with Crippen LogP contribution < -0.4 is 20.7 Å². The van der Waals surface area contributed by atoms with E-state index in [1.807, 2.05) is 0 Å². The van der Waals surface area contributed by atoms with Crippen molar-refractivity contribution in [2.75, 3.05) is 17.7 Å². The van der Waals surface area contributed by atoms with Crippen molar-refractivity contribution in [2.45, 2.75) is 13.0 Å². The van der Waals surface area contributed by atoms with Gasteiger partial charge in [0.15, 0.2) is 16.7 Å². The number of carbonyl (C=O) groups excluding carboxylic acids is 1. The van der Waals surface area contributed by atoms with Crippen molar-refractivity contribution >= 4 is 40.3 Å². The molecule has 1 atom stereocenters. The molecule has 0 radical (unpaired) electrons. The smallest absolute Gasteiger partial charge is 0.296 e. The Labute approximate surface area is 199 Å². The quantitative estimate of drug-likeness (QED) is 0.249. The lowest BCUT2D eigenvalue weighted by Crippen LogP contribution is -2.39. The van der Waals surface area contributed by atoms with Crippen molar-refractivity contribution in [3.8, 4) is 5.75 Å². The molecule has 8 nitrogen and oxygen atoms in total. The monoisotopic (exact) mass is 486 g/mol. The van der Waals surface area contributed by atoms with Crippen molar-refractivity contribution in [1.82, 2.24) is 5.32 Å². The molecule has 176 valence electrons. The van der Waals surface area contributed by atoms with Gasteiger partial charge in [-0.1, -0.05) is 24.3 Å². The number of carbonyl (C=O) groups is 1. The number of hydrogen-bond donors (Lipinski definition) is 3. The summed E-state index contributed by atoms with van der Waals surface area (Å²) in [5, 5.41) is 19.4. The second-order valence-corrected chi connectivity index (χ2v) is 7.56. The lowest BCUT2D eigenvalue weighted by molar-refractivity contribution is -0.384. The Morgan fingerprint density at radius 1 is 1.03 bits per heavy atom. The highest BCUT2D eigenvalue weighted by molar-refractivity contribution is 7.80. The SMILES string of the molecule is COc1ccc(NC(=S)NC(C(=O)Nc2ccccc2C)c2ccc(F)c(F)c2)c([N+](=O)[O-])c1. The Bertz CT molecular complexity index is 1260. The highest BCUT2D eigenvalue weighted by atomic mass is 32.1. The fraction of sp³-hybridized carbons (Fsp3) is 0.130. The van der Waals surface area contributed by atoms with Crippen LogP contribution in [0.2, 0.25) is 0 Å². The van der Waals surface area contributed by atoms with Gasteiger partial charge < -0.3 is 20.7 Å². The van der Waals surface area contributed by atoms with E-state index in [-0.39, 0.29) is 27.8 Å². The van der Waals surface area contributed by atoms with Crippen LogP contribution in [0.1, 0.15) is 17.2 Å². The summed E-state index contributed by atoms with van der Waals surface area (Å²) >= 11 is 5.26. The van der Waals surface area contributed by atoms with Gasteiger partial charge in [0.1, 0.15) is 17.5 Å². The molecule has 1 amide bonds. The third-order valence-electron chi connectivity index (χ3n) is 4.87. The Hall–Kier alpha value is -4.12. The molecular weight excluding hydrogens is 466 g/mol. The molecule has 3 rings (SSSR count). The van der Waals surface area contributed by atoms with Gasteiger partial charge in [-0.05, 0) is 60.6 Å². The van der Waals surface area contributed by atoms with Gasteiger partial charge in [-0.15, -0.1) is 0 Å². The number of anilines is 2. The third kappa shape index (κ3) is 5.81. The Morgan fingerprint density at radius 2 is 1.76 bits per heavy atom. The number of ether oxygens (including phenoxy) is 1. The van der Waals surface area contributed by atoms with Gasteiger partial charge in [0.05, 0.1) is 18.1 Å². The second-order valence-electron chi connectivity index (χ2n) is 7.15. The molecule has 0 spiro atoms. The maximum atomic E-state index is 13.9. The van der Waals surface area contributed by atoms with Crippen LogP contribution in [0.5, 0.6) is 5.75 Å². The molecule has 0 saturated carbocycles. The molecule has 0 aliphatic heterocycles. The Balaban J connectivity index is 1.88. The second kappa shape index (κ2) is 10.7. The Kier molecular flexibility index (Phi) is 7.69. The predicted octanol–water partition coefficient (Wildman–Crippen LogP) is 4.86. The fourth-order valence-electron chi connectivity index (χ4n) is 3.09. The summed E-state index contributed by atoms with van der Waals surface area (Å²) in [6.45, 7) is 1.80. The number of para-hydroxylation sites is 1. The number of amides is 1. The molecule has 34 heavy (non-hydrogen) atoms. The Morgan fingerprint density at radius 3 is 2.41 bits per heavy atom. The average molecular weight is 487 g/mol. The van der Waals surface area contributed by atoms with E-state index in [1.54, 1.807) is 31.2 Å². The van der Waals surface area contributed by atoms with Gasteiger partial charge in [0.2, 0.25) is 0 Å². The number of methoxy groups -OCH3 is 1. The summed E-state index contributed by atoms with van der Waals surface area (Å²) in [7, 11) is 1.37. The van der Waals surface area contributed by atoms with E-state index < -0.39 is 28.5 Å². The van der Waals surface area contributed by atoms with Crippen LogP contribution >= 0.6 is 12.2 Å². The van der Waals surface area contributed by atoms with E-state index in [0.717, 1.165) is 17.7 Å². The first-order chi connectivity index (χ1) is 16.2. The highest BCUT2D eigenvalue weighted by Crippen LogP contribution is 2.29. The number of nitro groups is 1. The molecule has 11 heteroatoms. The normalized spacial score (nSPS) is 11.3. The number of benzene rings is 3. The number of hydrogen-bond acceptors (Lipinski definition) is 5. The van der Waals surface area contributed by atoms with Gasteiger partial charge in [-0.3, -0.25) is 14.9 Å². The molecule has 1 unspecified atom stereocenters. The van der Waals surface area contributed by atoms with E-state index in [9.17, 15) is 23.7 Å². The highest BCUT2D eigenvalue weighted by Gasteiger charge is 2.25. The molecule has 0 fully saturated rings. The average Bonchev–Trinajstić information content (AvgIpc) is 2.81. The topological polar surface area (TPSA) is 106 Å². The summed E-state index contributed by atoms with van der Waals surface area (Å²) in [6, 6.07) is 12.9. The summed E-state index contributed by atoms with van der Waals surface area (Å²) in [6.07, 6.45) is 0. The number of thiocarbonyl (C=S) groups is 1. The molecule has 0 aromatic heterocycles. The molecule has 0 heterocycles. The maximum absolute atomic E-state index is 13.9. The van der Waals surface area contributed by atoms with Gasteiger partial charge in [0.25, 0.3) is 11.6 Å². The molecule has 0 saturated heterocycles. The minimum Gasteiger partial charge on any atom is -0.496 e. The fourth-order valence-corrected chi connectivity index (χ4v) is 3.32. The lowest BCUT2D eigenvalue weighted by atomic mass is 10.1. The minimum absolute atomic E-state index is 0.0478. The molecule has 3 aromatic carbocycles. The zero-order valence-electron chi connectivity index (χ0n) is 18.1. The first-order valence-electron chi connectivity index (χ1n) is 9.91. The lowest BCUT2D eigenvalue weighted by Gasteiger charge is -2.21. The number of nitrogens with zero attached hydrogens (tertiary/aromatic N) is 1. The first-order valence-corrected chi connectivity index (χ1v) is 10.3. The van der Waals surface area contributed by atoms with Crippen molar-refractivity contribution < 1.29 is 23.2 Å². The van der Waals surface area contributed by atoms with Crippen LogP contribution in [0.4, 0.5) is 25.8 Å². The van der Waals surface area contributed by atoms with Crippen molar-refractivity contribution in [3.63, 3.8) is 0 Å². The van der Waals surface area contributed by atoms with Crippen molar-refractivity contribution in [1.29, 1.82) is 0 Å². The van der Waals surface area contributed by atoms with E-state index in [4.69, 9.17) is 17.0 Å². The zero-order chi connectivity index (χ0) is 24.8. The molecular formula is C23H20F2N4O4S. The minimum atomic E-state index is -1.24. The largest absolute Gasteiger partial charge is 0.496 e. The van der Waals surface area contributed by atoms with Gasteiger partial charge >= 0.3 is 0 Å². The summed E-state index contributed by atoms with van der Waals surface area (Å²) in [5.41, 5.74) is 1.14. The summed E-state index contributed by atoms with van der Waals surface area (Å²) in [4.78, 5) is 23.9. The summed E-state index contributed by atoms with van der Waals surface area (Å²) in [5.74, 6) is -2.55. The first kappa shape index (κ1) is 24.5. The van der Waals surface area contributed by atoms with E-state index in [0.29, 0.717) is 5.69 Å². The third-order valence-corrected chi connectivity index (χ3v) is 5.09. The van der Waals surface area contributed by atoms with Crippen LogP contribution in [-0.4, -0.2) is 23.1 Å². The molecule has 0 aliphatic rings. The van der Waals surface area contributed by atoms with Crippen LogP contribution in [0.25, 0.3) is 0 Å². The van der Waals surface area contributed by atoms with E-state index in [1.165, 1.54) is 31.4 Å².